The molecule has 0 aliphatic heterocycles. The van der Waals surface area contributed by atoms with Gasteiger partial charge in [-0.05, 0) is 53.8 Å². The summed E-state index contributed by atoms with van der Waals surface area (Å²) in [4.78, 5) is 0. The van der Waals surface area contributed by atoms with E-state index in [0.29, 0.717) is 22.4 Å². The van der Waals surface area contributed by atoms with Gasteiger partial charge in [-0.15, -0.1) is 0 Å². The highest BCUT2D eigenvalue weighted by atomic mass is 19.2. The third kappa shape index (κ3) is 5.11. The highest BCUT2D eigenvalue weighted by molar-refractivity contribution is 5.72. The molecule has 0 radical (unpaired) electrons. The van der Waals surface area contributed by atoms with Crippen LogP contribution < -0.4 is 4.74 Å². The molecule has 4 rings (SSSR count). The standard InChI is InChI=1S/C29H25F3O/c1-3-4-20-6-9-21(10-7-20)25-15-16-26(29(32)28(25)31)22-11-13-24(14-12-22)33-18-23-8-5-19(2)17-27(23)30/h5-17H,3-4,18H2,1-2H3. The molecule has 4 aromatic rings. The zero-order chi connectivity index (χ0) is 23.4. The van der Waals surface area contributed by atoms with Gasteiger partial charge in [-0.25, -0.2) is 13.2 Å². The molecular weight excluding hydrogens is 421 g/mol. The Balaban J connectivity index is 1.51. The molecule has 0 heterocycles. The van der Waals surface area contributed by atoms with E-state index in [1.807, 2.05) is 37.3 Å². The van der Waals surface area contributed by atoms with E-state index in [1.165, 1.54) is 11.6 Å². The maximum absolute atomic E-state index is 14.9. The summed E-state index contributed by atoms with van der Waals surface area (Å²) >= 11 is 0. The predicted molar refractivity (Wildman–Crippen MR) is 127 cm³/mol. The molecule has 0 saturated heterocycles. The van der Waals surface area contributed by atoms with Crippen molar-refractivity contribution in [1.82, 2.24) is 0 Å². The Morgan fingerprint density at radius 3 is 1.82 bits per heavy atom. The van der Waals surface area contributed by atoms with E-state index in [0.717, 1.165) is 18.4 Å². The van der Waals surface area contributed by atoms with Crippen LogP contribution in [-0.4, -0.2) is 0 Å². The van der Waals surface area contributed by atoms with E-state index >= 15 is 0 Å². The topological polar surface area (TPSA) is 9.23 Å². The molecule has 0 aliphatic carbocycles. The summed E-state index contributed by atoms with van der Waals surface area (Å²) in [5, 5.41) is 0. The van der Waals surface area contributed by atoms with Crippen molar-refractivity contribution in [3.63, 3.8) is 0 Å². The summed E-state index contributed by atoms with van der Waals surface area (Å²) in [6, 6.07) is 22.4. The lowest BCUT2D eigenvalue weighted by atomic mass is 9.97. The number of aryl methyl sites for hydroxylation is 2. The fourth-order valence-electron chi connectivity index (χ4n) is 3.80. The summed E-state index contributed by atoms with van der Waals surface area (Å²) < 4.78 is 49.5. The fraction of sp³-hybridized carbons (Fsp3) is 0.172. The van der Waals surface area contributed by atoms with Crippen molar-refractivity contribution in [1.29, 1.82) is 0 Å². The Kier molecular flexibility index (Phi) is 6.83. The van der Waals surface area contributed by atoms with Gasteiger partial charge in [-0.1, -0.05) is 74.0 Å². The molecule has 0 saturated carbocycles. The monoisotopic (exact) mass is 446 g/mol. The van der Waals surface area contributed by atoms with Crippen LogP contribution in [0.2, 0.25) is 0 Å². The molecule has 168 valence electrons. The third-order valence-corrected chi connectivity index (χ3v) is 5.65. The Morgan fingerprint density at radius 1 is 0.697 bits per heavy atom. The normalized spacial score (nSPS) is 10.9. The molecule has 1 nitrogen and oxygen atoms in total. The lowest BCUT2D eigenvalue weighted by Gasteiger charge is -2.11. The second kappa shape index (κ2) is 9.95. The largest absolute Gasteiger partial charge is 0.489 e. The summed E-state index contributed by atoms with van der Waals surface area (Å²) in [5.74, 6) is -1.56. The second-order valence-corrected chi connectivity index (χ2v) is 8.14. The van der Waals surface area contributed by atoms with Crippen molar-refractivity contribution in [2.24, 2.45) is 0 Å². The quantitative estimate of drug-likeness (QED) is 0.278. The molecule has 0 bridgehead atoms. The Bertz CT molecular complexity index is 1250. The first-order valence-corrected chi connectivity index (χ1v) is 11.0. The van der Waals surface area contributed by atoms with Crippen molar-refractivity contribution in [2.45, 2.75) is 33.3 Å². The summed E-state index contributed by atoms with van der Waals surface area (Å²) in [6.07, 6.45) is 1.99. The van der Waals surface area contributed by atoms with Crippen LogP contribution in [0, 0.1) is 24.4 Å². The number of ether oxygens (including phenoxy) is 1. The fourth-order valence-corrected chi connectivity index (χ4v) is 3.80. The van der Waals surface area contributed by atoms with Gasteiger partial charge in [0.1, 0.15) is 18.2 Å². The maximum Gasteiger partial charge on any atom is 0.167 e. The third-order valence-electron chi connectivity index (χ3n) is 5.65. The smallest absolute Gasteiger partial charge is 0.167 e. The highest BCUT2D eigenvalue weighted by Crippen LogP contribution is 2.32. The first-order valence-electron chi connectivity index (χ1n) is 11.0. The molecule has 33 heavy (non-hydrogen) atoms. The first-order chi connectivity index (χ1) is 16.0. The minimum absolute atomic E-state index is 0.0835. The van der Waals surface area contributed by atoms with Crippen LogP contribution in [0.1, 0.15) is 30.0 Å². The lowest BCUT2D eigenvalue weighted by Crippen LogP contribution is -1.99. The maximum atomic E-state index is 14.9. The first kappa shape index (κ1) is 22.7. The molecular formula is C29H25F3O. The van der Waals surface area contributed by atoms with Gasteiger partial charge < -0.3 is 4.74 Å². The molecule has 0 aliphatic rings. The summed E-state index contributed by atoms with van der Waals surface area (Å²) in [7, 11) is 0. The summed E-state index contributed by atoms with van der Waals surface area (Å²) in [6.45, 7) is 4.01. The van der Waals surface area contributed by atoms with E-state index in [4.69, 9.17) is 4.74 Å². The van der Waals surface area contributed by atoms with Crippen molar-refractivity contribution >= 4 is 0 Å². The van der Waals surface area contributed by atoms with Crippen LogP contribution in [0.25, 0.3) is 22.3 Å². The van der Waals surface area contributed by atoms with E-state index in [9.17, 15) is 13.2 Å². The van der Waals surface area contributed by atoms with Crippen molar-refractivity contribution in [3.8, 4) is 28.0 Å². The van der Waals surface area contributed by atoms with Crippen LogP contribution in [0.4, 0.5) is 13.2 Å². The molecule has 0 amide bonds. The average Bonchev–Trinajstić information content (AvgIpc) is 2.82. The van der Waals surface area contributed by atoms with Crippen molar-refractivity contribution in [2.75, 3.05) is 0 Å². The molecule has 0 atom stereocenters. The van der Waals surface area contributed by atoms with E-state index in [2.05, 4.69) is 6.92 Å². The minimum Gasteiger partial charge on any atom is -0.489 e. The van der Waals surface area contributed by atoms with Crippen LogP contribution in [0.5, 0.6) is 5.75 Å². The average molecular weight is 447 g/mol. The summed E-state index contributed by atoms with van der Waals surface area (Å²) in [5.41, 5.74) is 4.06. The van der Waals surface area contributed by atoms with Gasteiger partial charge in [-0.3, -0.25) is 0 Å². The number of halogens is 3. The van der Waals surface area contributed by atoms with Gasteiger partial charge in [0.15, 0.2) is 11.6 Å². The zero-order valence-corrected chi connectivity index (χ0v) is 18.7. The minimum atomic E-state index is -0.888. The van der Waals surface area contributed by atoms with E-state index in [-0.39, 0.29) is 23.6 Å². The molecule has 0 N–H and O–H groups in total. The second-order valence-electron chi connectivity index (χ2n) is 8.14. The van der Waals surface area contributed by atoms with Crippen LogP contribution in [0.15, 0.2) is 78.9 Å². The Hall–Kier alpha value is -3.53. The van der Waals surface area contributed by atoms with Crippen molar-refractivity contribution in [3.05, 3.63) is 113 Å². The highest BCUT2D eigenvalue weighted by Gasteiger charge is 2.16. The van der Waals surface area contributed by atoms with Crippen LogP contribution in [0.3, 0.4) is 0 Å². The molecule has 0 unspecified atom stereocenters. The van der Waals surface area contributed by atoms with Crippen LogP contribution >= 0.6 is 0 Å². The zero-order valence-electron chi connectivity index (χ0n) is 18.7. The number of hydrogen-bond donors (Lipinski definition) is 0. The molecule has 0 aromatic heterocycles. The predicted octanol–water partition coefficient (Wildman–Crippen LogP) is 8.28. The van der Waals surface area contributed by atoms with Gasteiger partial charge >= 0.3 is 0 Å². The van der Waals surface area contributed by atoms with E-state index < -0.39 is 11.6 Å². The number of rotatable bonds is 7. The molecule has 0 fully saturated rings. The van der Waals surface area contributed by atoms with E-state index in [1.54, 1.807) is 42.5 Å². The van der Waals surface area contributed by atoms with Gasteiger partial charge in [0.2, 0.25) is 0 Å². The van der Waals surface area contributed by atoms with Crippen LogP contribution in [-0.2, 0) is 13.0 Å². The lowest BCUT2D eigenvalue weighted by molar-refractivity contribution is 0.300. The molecule has 0 spiro atoms. The van der Waals surface area contributed by atoms with Gasteiger partial charge in [-0.2, -0.15) is 0 Å². The van der Waals surface area contributed by atoms with Gasteiger partial charge in [0.05, 0.1) is 0 Å². The Morgan fingerprint density at radius 2 is 1.27 bits per heavy atom. The number of benzene rings is 4. The van der Waals surface area contributed by atoms with Gasteiger partial charge in [0.25, 0.3) is 0 Å². The van der Waals surface area contributed by atoms with Gasteiger partial charge in [0, 0.05) is 16.7 Å². The SMILES string of the molecule is CCCc1ccc(-c2ccc(-c3ccc(OCc4ccc(C)cc4F)cc3)c(F)c2F)cc1. The molecule has 4 aromatic carbocycles. The molecule has 4 heteroatoms. The number of hydrogen-bond acceptors (Lipinski definition) is 1. The Labute approximate surface area is 192 Å². The van der Waals surface area contributed by atoms with Crippen molar-refractivity contribution < 1.29 is 17.9 Å².